The summed E-state index contributed by atoms with van der Waals surface area (Å²) in [5.41, 5.74) is 2.10. The van der Waals surface area contributed by atoms with Gasteiger partial charge in [-0.05, 0) is 12.1 Å². The average molecular weight is 152 g/mol. The minimum Gasteiger partial charge on any atom is -0.507 e. The monoisotopic (exact) mass is 152 g/mol. The summed E-state index contributed by atoms with van der Waals surface area (Å²) < 4.78 is 0. The van der Waals surface area contributed by atoms with E-state index in [9.17, 15) is 4.79 Å². The first-order valence-corrected chi connectivity index (χ1v) is 3.04. The van der Waals surface area contributed by atoms with Crippen LogP contribution in [0.1, 0.15) is 10.4 Å². The lowest BCUT2D eigenvalue weighted by atomic mass is 10.2. The molecule has 11 heavy (non-hydrogen) atoms. The molecule has 0 bridgehead atoms. The minimum absolute atomic E-state index is 0.0737. The molecule has 0 heterocycles. The molecule has 1 rings (SSSR count). The Hall–Kier alpha value is -1.55. The van der Waals surface area contributed by atoms with Gasteiger partial charge in [0.1, 0.15) is 5.75 Å². The Kier molecular flexibility index (Phi) is 2.08. The Morgan fingerprint density at radius 3 is 2.64 bits per heavy atom. The minimum atomic E-state index is -0.497. The molecule has 1 amide bonds. The van der Waals surface area contributed by atoms with Crippen LogP contribution in [-0.2, 0) is 0 Å². The molecular weight excluding hydrogens is 144 g/mol. The van der Waals surface area contributed by atoms with E-state index in [4.69, 9.17) is 10.9 Å². The van der Waals surface area contributed by atoms with E-state index >= 15 is 0 Å². The van der Waals surface area contributed by atoms with Gasteiger partial charge >= 0.3 is 0 Å². The molecule has 1 aromatic carbocycles. The molecule has 0 saturated carbocycles. The average Bonchev–Trinajstić information content (AvgIpc) is 2.04. The fourth-order valence-electron chi connectivity index (χ4n) is 0.743. The number of amides is 1. The molecule has 4 heteroatoms. The van der Waals surface area contributed by atoms with E-state index in [0.717, 1.165) is 0 Å². The number of hydrazine groups is 1. The molecule has 0 aromatic heterocycles. The molecule has 0 aliphatic rings. The van der Waals surface area contributed by atoms with E-state index in [1.807, 2.05) is 5.43 Å². The van der Waals surface area contributed by atoms with Gasteiger partial charge in [-0.3, -0.25) is 10.2 Å². The summed E-state index contributed by atoms with van der Waals surface area (Å²) in [5.74, 6) is 4.29. The first-order valence-electron chi connectivity index (χ1n) is 3.04. The van der Waals surface area contributed by atoms with Gasteiger partial charge in [0.15, 0.2) is 0 Å². The lowest BCUT2D eigenvalue weighted by Gasteiger charge is -2.00. The number of benzene rings is 1. The van der Waals surface area contributed by atoms with Gasteiger partial charge in [0.25, 0.3) is 5.91 Å². The van der Waals surface area contributed by atoms with Gasteiger partial charge in [-0.1, -0.05) is 12.1 Å². The smallest absolute Gasteiger partial charge is 0.268 e. The number of phenolic OH excluding ortho intramolecular Hbond substituents is 1. The highest BCUT2D eigenvalue weighted by Gasteiger charge is 2.06. The van der Waals surface area contributed by atoms with Crippen LogP contribution < -0.4 is 11.3 Å². The third-order valence-corrected chi connectivity index (χ3v) is 1.28. The summed E-state index contributed by atoms with van der Waals surface area (Å²) in [7, 11) is 0. The number of rotatable bonds is 1. The van der Waals surface area contributed by atoms with Crippen LogP contribution >= 0.6 is 0 Å². The van der Waals surface area contributed by atoms with Gasteiger partial charge in [0.2, 0.25) is 0 Å². The van der Waals surface area contributed by atoms with Crippen LogP contribution in [0.3, 0.4) is 0 Å². The van der Waals surface area contributed by atoms with Crippen molar-refractivity contribution in [3.63, 3.8) is 0 Å². The van der Waals surface area contributed by atoms with Gasteiger partial charge in [0.05, 0.1) is 5.56 Å². The summed E-state index contributed by atoms with van der Waals surface area (Å²) in [4.78, 5) is 10.8. The van der Waals surface area contributed by atoms with Crippen LogP contribution in [0.5, 0.6) is 5.75 Å². The molecule has 0 radical (unpaired) electrons. The summed E-state index contributed by atoms with van der Waals surface area (Å²) in [6, 6.07) is 6.18. The number of phenols is 1. The Morgan fingerprint density at radius 1 is 1.45 bits per heavy atom. The van der Waals surface area contributed by atoms with Crippen molar-refractivity contribution in [1.82, 2.24) is 5.43 Å². The van der Waals surface area contributed by atoms with E-state index in [0.29, 0.717) is 0 Å². The van der Waals surface area contributed by atoms with Crippen molar-refractivity contribution in [2.24, 2.45) is 5.84 Å². The molecular formula is C7H8N2O2. The number of carbonyl (C=O) groups is 1. The zero-order valence-corrected chi connectivity index (χ0v) is 5.74. The van der Waals surface area contributed by atoms with Crippen LogP contribution in [0.25, 0.3) is 0 Å². The second kappa shape index (κ2) is 3.03. The van der Waals surface area contributed by atoms with Gasteiger partial charge in [-0.25, -0.2) is 5.84 Å². The highest BCUT2D eigenvalue weighted by Crippen LogP contribution is 2.14. The SMILES string of the molecule is NNC(=O)c1ccccc1O. The van der Waals surface area contributed by atoms with Crippen molar-refractivity contribution >= 4 is 5.91 Å². The van der Waals surface area contributed by atoms with E-state index < -0.39 is 5.91 Å². The van der Waals surface area contributed by atoms with Crippen LogP contribution in [0.15, 0.2) is 24.3 Å². The lowest BCUT2D eigenvalue weighted by molar-refractivity contribution is 0.0951. The van der Waals surface area contributed by atoms with Gasteiger partial charge in [-0.2, -0.15) is 0 Å². The predicted octanol–water partition coefficient (Wildman–Crippen LogP) is -0.00430. The van der Waals surface area contributed by atoms with Crippen molar-refractivity contribution in [3.8, 4) is 5.75 Å². The Labute approximate surface area is 63.6 Å². The van der Waals surface area contributed by atoms with Crippen molar-refractivity contribution in [2.45, 2.75) is 0 Å². The Balaban J connectivity index is 3.03. The molecule has 1 aromatic rings. The number of carbonyl (C=O) groups excluding carboxylic acids is 1. The molecule has 4 N–H and O–H groups in total. The maximum atomic E-state index is 10.8. The molecule has 0 unspecified atom stereocenters. The first-order chi connectivity index (χ1) is 5.25. The van der Waals surface area contributed by atoms with E-state index in [1.165, 1.54) is 12.1 Å². The van der Waals surface area contributed by atoms with Gasteiger partial charge in [0, 0.05) is 0 Å². The molecule has 58 valence electrons. The largest absolute Gasteiger partial charge is 0.507 e. The molecule has 0 fully saturated rings. The highest BCUT2D eigenvalue weighted by molar-refractivity contribution is 5.96. The van der Waals surface area contributed by atoms with E-state index in [2.05, 4.69) is 0 Å². The van der Waals surface area contributed by atoms with Crippen molar-refractivity contribution in [2.75, 3.05) is 0 Å². The Morgan fingerprint density at radius 2 is 2.09 bits per heavy atom. The number of hydrogen-bond acceptors (Lipinski definition) is 3. The molecule has 0 atom stereocenters. The fourth-order valence-corrected chi connectivity index (χ4v) is 0.743. The number of hydrogen-bond donors (Lipinski definition) is 3. The number of nitrogen functional groups attached to an aromatic ring is 1. The zero-order valence-electron chi connectivity index (χ0n) is 5.74. The fraction of sp³-hybridized carbons (Fsp3) is 0. The summed E-state index contributed by atoms with van der Waals surface area (Å²) >= 11 is 0. The molecule has 0 aliphatic carbocycles. The maximum Gasteiger partial charge on any atom is 0.268 e. The van der Waals surface area contributed by atoms with Crippen molar-refractivity contribution in [3.05, 3.63) is 29.8 Å². The van der Waals surface area contributed by atoms with Gasteiger partial charge < -0.3 is 5.11 Å². The highest BCUT2D eigenvalue weighted by atomic mass is 16.3. The first kappa shape index (κ1) is 7.56. The van der Waals surface area contributed by atoms with Crippen LogP contribution in [0.2, 0.25) is 0 Å². The standard InChI is InChI=1S/C7H8N2O2/c8-9-7(11)5-3-1-2-4-6(5)10/h1-4,10H,8H2,(H,9,11). The normalized spacial score (nSPS) is 9.18. The lowest BCUT2D eigenvalue weighted by Crippen LogP contribution is -2.29. The van der Waals surface area contributed by atoms with Gasteiger partial charge in [-0.15, -0.1) is 0 Å². The Bertz CT molecular complexity index is 273. The second-order valence-electron chi connectivity index (χ2n) is 1.99. The molecule has 0 spiro atoms. The molecule has 0 aliphatic heterocycles. The third-order valence-electron chi connectivity index (χ3n) is 1.28. The van der Waals surface area contributed by atoms with Crippen LogP contribution in [0, 0.1) is 0 Å². The third kappa shape index (κ3) is 1.47. The van der Waals surface area contributed by atoms with Crippen molar-refractivity contribution < 1.29 is 9.90 Å². The number of nitrogens with one attached hydrogen (secondary N) is 1. The van der Waals surface area contributed by atoms with E-state index in [-0.39, 0.29) is 11.3 Å². The topological polar surface area (TPSA) is 75.3 Å². The second-order valence-corrected chi connectivity index (χ2v) is 1.99. The number of aromatic hydroxyl groups is 1. The van der Waals surface area contributed by atoms with Crippen LogP contribution in [0.4, 0.5) is 0 Å². The summed E-state index contributed by atoms with van der Waals surface area (Å²) in [6.45, 7) is 0. The van der Waals surface area contributed by atoms with E-state index in [1.54, 1.807) is 12.1 Å². The zero-order chi connectivity index (χ0) is 8.27. The number of nitrogens with two attached hydrogens (primary N) is 1. The summed E-state index contributed by atoms with van der Waals surface area (Å²) in [5, 5.41) is 9.10. The number of para-hydroxylation sites is 1. The quantitative estimate of drug-likeness (QED) is 0.301. The molecule has 0 saturated heterocycles. The maximum absolute atomic E-state index is 10.8. The summed E-state index contributed by atoms with van der Waals surface area (Å²) in [6.07, 6.45) is 0. The van der Waals surface area contributed by atoms with Crippen molar-refractivity contribution in [1.29, 1.82) is 0 Å². The molecule has 4 nitrogen and oxygen atoms in total. The van der Waals surface area contributed by atoms with Crippen LogP contribution in [-0.4, -0.2) is 11.0 Å². The predicted molar refractivity (Wildman–Crippen MR) is 39.8 cm³/mol.